The van der Waals surface area contributed by atoms with E-state index in [2.05, 4.69) is 0 Å². The van der Waals surface area contributed by atoms with Crippen LogP contribution in [-0.4, -0.2) is 19.5 Å². The van der Waals surface area contributed by atoms with Gasteiger partial charge in [0.15, 0.2) is 0 Å². The molecule has 0 spiro atoms. The topological polar surface area (TPSA) is 71.4 Å². The third-order valence-electron chi connectivity index (χ3n) is 2.41. The molecule has 0 saturated heterocycles. The van der Waals surface area contributed by atoms with Gasteiger partial charge in [0.25, 0.3) is 0 Å². The van der Waals surface area contributed by atoms with Crippen LogP contribution in [0.1, 0.15) is 11.1 Å². The number of hydrogen-bond acceptors (Lipinski definition) is 3. The Hall–Kier alpha value is -1.83. The standard InChI is InChI=1S/C10H5F3O4S/c11-10(12,13)5-1-2-8-6(3-5)7(9(14)15)4-18(8,16)17/h1-4H,(H,14,15). The van der Waals surface area contributed by atoms with E-state index >= 15 is 0 Å². The van der Waals surface area contributed by atoms with Gasteiger partial charge in [-0.05, 0) is 18.2 Å². The van der Waals surface area contributed by atoms with Gasteiger partial charge < -0.3 is 5.11 Å². The number of benzene rings is 1. The number of hydrogen-bond donors (Lipinski definition) is 1. The van der Waals surface area contributed by atoms with Gasteiger partial charge >= 0.3 is 12.1 Å². The Morgan fingerprint density at radius 3 is 2.33 bits per heavy atom. The maximum Gasteiger partial charge on any atom is 0.416 e. The summed E-state index contributed by atoms with van der Waals surface area (Å²) in [4.78, 5) is 10.4. The number of fused-ring (bicyclic) bond motifs is 1. The van der Waals surface area contributed by atoms with Crippen LogP contribution < -0.4 is 0 Å². The van der Waals surface area contributed by atoms with E-state index in [0.29, 0.717) is 17.5 Å². The van der Waals surface area contributed by atoms with E-state index in [4.69, 9.17) is 5.11 Å². The molecule has 8 heteroatoms. The second-order valence-electron chi connectivity index (χ2n) is 3.59. The van der Waals surface area contributed by atoms with E-state index in [1.807, 2.05) is 0 Å². The highest BCUT2D eigenvalue weighted by Crippen LogP contribution is 2.38. The lowest BCUT2D eigenvalue weighted by Gasteiger charge is -2.08. The van der Waals surface area contributed by atoms with Crippen LogP contribution in [0.3, 0.4) is 0 Å². The van der Waals surface area contributed by atoms with Gasteiger partial charge in [0.2, 0.25) is 9.84 Å². The number of rotatable bonds is 1. The summed E-state index contributed by atoms with van der Waals surface area (Å²) in [6, 6.07) is 1.90. The molecule has 96 valence electrons. The van der Waals surface area contributed by atoms with Gasteiger partial charge in [-0.3, -0.25) is 0 Å². The van der Waals surface area contributed by atoms with Crippen molar-refractivity contribution < 1.29 is 31.5 Å². The normalized spacial score (nSPS) is 17.2. The molecule has 1 aliphatic heterocycles. The number of sulfone groups is 1. The zero-order chi connectivity index (χ0) is 13.7. The molecule has 0 fully saturated rings. The Bertz CT molecular complexity index is 671. The molecule has 1 aromatic rings. The monoisotopic (exact) mass is 278 g/mol. The summed E-state index contributed by atoms with van der Waals surface area (Å²) in [5.74, 6) is -1.59. The Kier molecular flexibility index (Phi) is 2.51. The predicted molar refractivity (Wildman–Crippen MR) is 54.2 cm³/mol. The van der Waals surface area contributed by atoms with Crippen molar-refractivity contribution in [3.63, 3.8) is 0 Å². The Balaban J connectivity index is 2.72. The molecule has 2 rings (SSSR count). The van der Waals surface area contributed by atoms with Gasteiger partial charge in [-0.1, -0.05) is 0 Å². The molecule has 1 aromatic carbocycles. The van der Waals surface area contributed by atoms with Crippen molar-refractivity contribution in [2.45, 2.75) is 11.1 Å². The van der Waals surface area contributed by atoms with Crippen LogP contribution in [0.5, 0.6) is 0 Å². The average molecular weight is 278 g/mol. The van der Waals surface area contributed by atoms with Crippen LogP contribution in [-0.2, 0) is 20.8 Å². The van der Waals surface area contributed by atoms with Crippen molar-refractivity contribution in [2.75, 3.05) is 0 Å². The van der Waals surface area contributed by atoms with Gasteiger partial charge in [0.05, 0.1) is 21.4 Å². The molecule has 0 aliphatic carbocycles. The van der Waals surface area contributed by atoms with Crippen molar-refractivity contribution in [1.82, 2.24) is 0 Å². The molecule has 1 N–H and O–H groups in total. The number of carboxylic acid groups (broad SMARTS) is 1. The van der Waals surface area contributed by atoms with E-state index in [-0.39, 0.29) is 0 Å². The quantitative estimate of drug-likeness (QED) is 0.851. The second kappa shape index (κ2) is 3.58. The van der Waals surface area contributed by atoms with E-state index in [9.17, 15) is 26.4 Å². The highest BCUT2D eigenvalue weighted by atomic mass is 32.2. The van der Waals surface area contributed by atoms with Crippen molar-refractivity contribution in [2.24, 2.45) is 0 Å². The van der Waals surface area contributed by atoms with Crippen LogP contribution in [0.2, 0.25) is 0 Å². The summed E-state index contributed by atoms with van der Waals surface area (Å²) in [7, 11) is -3.97. The zero-order valence-electron chi connectivity index (χ0n) is 8.52. The predicted octanol–water partition coefficient (Wildman–Crippen LogP) is 1.92. The van der Waals surface area contributed by atoms with Crippen LogP contribution >= 0.6 is 0 Å². The lowest BCUT2D eigenvalue weighted by molar-refractivity contribution is -0.137. The molecule has 0 bridgehead atoms. The molecular weight excluding hydrogens is 273 g/mol. The van der Waals surface area contributed by atoms with Crippen LogP contribution in [0, 0.1) is 0 Å². The Labute approximate surface area is 99.3 Å². The van der Waals surface area contributed by atoms with Crippen molar-refractivity contribution in [3.8, 4) is 0 Å². The summed E-state index contributed by atoms with van der Waals surface area (Å²) >= 11 is 0. The third kappa shape index (κ3) is 1.88. The van der Waals surface area contributed by atoms with E-state index in [1.165, 1.54) is 0 Å². The van der Waals surface area contributed by atoms with Crippen LogP contribution in [0.4, 0.5) is 13.2 Å². The largest absolute Gasteiger partial charge is 0.478 e. The maximum atomic E-state index is 12.5. The smallest absolute Gasteiger partial charge is 0.416 e. The molecular formula is C10H5F3O4S. The summed E-state index contributed by atoms with van der Waals surface area (Å²) in [6.45, 7) is 0. The highest BCUT2D eigenvalue weighted by Gasteiger charge is 2.36. The minimum atomic E-state index is -4.66. The number of carboxylic acids is 1. The molecule has 1 heterocycles. The van der Waals surface area contributed by atoms with Gasteiger partial charge in [0, 0.05) is 5.56 Å². The molecule has 0 atom stereocenters. The molecule has 0 saturated carbocycles. The number of aliphatic carboxylic acids is 1. The summed E-state index contributed by atoms with van der Waals surface area (Å²) in [5.41, 5.74) is -2.18. The SMILES string of the molecule is O=C(O)C1=CS(=O)(=O)c2ccc(C(F)(F)F)cc21. The third-order valence-corrected chi connectivity index (χ3v) is 3.92. The van der Waals surface area contributed by atoms with Gasteiger partial charge in [-0.25, -0.2) is 13.2 Å². The molecule has 0 aromatic heterocycles. The average Bonchev–Trinajstić information content (AvgIpc) is 2.49. The Morgan fingerprint density at radius 1 is 1.22 bits per heavy atom. The summed E-state index contributed by atoms with van der Waals surface area (Å²) < 4.78 is 60.4. The molecule has 18 heavy (non-hydrogen) atoms. The van der Waals surface area contributed by atoms with E-state index in [1.54, 1.807) is 0 Å². The van der Waals surface area contributed by atoms with Gasteiger partial charge in [0.1, 0.15) is 0 Å². The first kappa shape index (κ1) is 12.6. The van der Waals surface area contributed by atoms with Gasteiger partial charge in [-0.15, -0.1) is 0 Å². The molecule has 0 unspecified atom stereocenters. The molecule has 4 nitrogen and oxygen atoms in total. The highest BCUT2D eigenvalue weighted by molar-refractivity contribution is 7.95. The number of carbonyl (C=O) groups is 1. The summed E-state index contributed by atoms with van der Waals surface area (Å²) in [6.07, 6.45) is -4.66. The van der Waals surface area contributed by atoms with Crippen molar-refractivity contribution in [1.29, 1.82) is 0 Å². The molecule has 1 aliphatic rings. The van der Waals surface area contributed by atoms with E-state index < -0.39 is 43.6 Å². The van der Waals surface area contributed by atoms with Crippen molar-refractivity contribution >= 4 is 21.4 Å². The fourth-order valence-corrected chi connectivity index (χ4v) is 3.01. The minimum Gasteiger partial charge on any atom is -0.478 e. The fraction of sp³-hybridized carbons (Fsp3) is 0.100. The lowest BCUT2D eigenvalue weighted by atomic mass is 10.0. The number of halogens is 3. The molecule has 0 amide bonds. The lowest BCUT2D eigenvalue weighted by Crippen LogP contribution is -2.07. The number of alkyl halides is 3. The van der Waals surface area contributed by atoms with Crippen LogP contribution in [0.25, 0.3) is 5.57 Å². The molecule has 0 radical (unpaired) electrons. The van der Waals surface area contributed by atoms with E-state index in [0.717, 1.165) is 6.07 Å². The van der Waals surface area contributed by atoms with Crippen molar-refractivity contribution in [3.05, 3.63) is 34.7 Å². The Morgan fingerprint density at radius 2 is 1.83 bits per heavy atom. The first-order valence-corrected chi connectivity index (χ1v) is 6.09. The first-order valence-electron chi connectivity index (χ1n) is 4.54. The minimum absolute atomic E-state index is 0.423. The fourth-order valence-electron chi connectivity index (χ4n) is 1.61. The zero-order valence-corrected chi connectivity index (χ0v) is 9.34. The second-order valence-corrected chi connectivity index (χ2v) is 5.36. The van der Waals surface area contributed by atoms with Crippen LogP contribution in [0.15, 0.2) is 28.5 Å². The first-order chi connectivity index (χ1) is 8.13. The summed E-state index contributed by atoms with van der Waals surface area (Å²) in [5, 5.41) is 9.23. The maximum absolute atomic E-state index is 12.5. The van der Waals surface area contributed by atoms with Gasteiger partial charge in [-0.2, -0.15) is 13.2 Å².